The molecule has 13 heavy (non-hydrogen) atoms. The van der Waals surface area contributed by atoms with Gasteiger partial charge in [0.15, 0.2) is 0 Å². The summed E-state index contributed by atoms with van der Waals surface area (Å²) < 4.78 is 23.2. The van der Waals surface area contributed by atoms with Crippen LogP contribution in [0.1, 0.15) is 0 Å². The number of carbonyl (C=O) groups excluding carboxylic acids is 1. The Hall–Kier alpha value is 0.0700. The molecule has 0 aliphatic rings. The van der Waals surface area contributed by atoms with Crippen molar-refractivity contribution >= 4 is 34.3 Å². The number of halogens is 1. The number of nitrogens with one attached hydrogen (secondary N) is 3. The molecular weight excluding hydrogens is 309 g/mol. The molecular formula is C5H12IN3O3S. The van der Waals surface area contributed by atoms with E-state index in [1.807, 2.05) is 0 Å². The maximum atomic E-state index is 10.9. The number of amides is 1. The second kappa shape index (κ2) is 6.51. The Labute approximate surface area is 89.5 Å². The quantitative estimate of drug-likeness (QED) is 0.319. The van der Waals surface area contributed by atoms with Crippen LogP contribution in [0.15, 0.2) is 0 Å². The first-order valence-corrected chi connectivity index (χ1v) is 7.59. The van der Waals surface area contributed by atoms with Crippen LogP contribution in [-0.4, -0.2) is 41.0 Å². The van der Waals surface area contributed by atoms with Crippen molar-refractivity contribution < 1.29 is 13.2 Å². The zero-order valence-corrected chi connectivity index (χ0v) is 10.1. The number of likely N-dealkylation sites (N-methyl/N-ethyl adjacent to an activating group) is 1. The Morgan fingerprint density at radius 3 is 2.46 bits per heavy atom. The van der Waals surface area contributed by atoms with Crippen molar-refractivity contribution in [2.45, 2.75) is 0 Å². The smallest absolute Gasteiger partial charge is 0.265 e. The molecule has 0 bridgehead atoms. The highest BCUT2D eigenvalue weighted by atomic mass is 127. The minimum absolute atomic E-state index is 0.213. The third-order valence-electron chi connectivity index (χ3n) is 1.10. The van der Waals surface area contributed by atoms with E-state index in [1.165, 1.54) is 21.2 Å². The van der Waals surface area contributed by atoms with E-state index in [2.05, 4.69) is 15.4 Å². The molecule has 0 fully saturated rings. The molecule has 0 rings (SSSR count). The first-order valence-electron chi connectivity index (χ1n) is 3.56. The second-order valence-corrected chi connectivity index (χ2v) is 6.86. The van der Waals surface area contributed by atoms with Crippen molar-refractivity contribution in [2.24, 2.45) is 0 Å². The minimum Gasteiger partial charge on any atom is -0.354 e. The SMILES string of the molecule is CNCCNC(=O)CNS(=O)(=O)I. The largest absolute Gasteiger partial charge is 0.354 e. The molecule has 0 aromatic heterocycles. The van der Waals surface area contributed by atoms with E-state index in [9.17, 15) is 13.2 Å². The van der Waals surface area contributed by atoms with Crippen LogP contribution in [-0.2, 0) is 12.0 Å². The van der Waals surface area contributed by atoms with Crippen LogP contribution >= 0.6 is 21.2 Å². The molecule has 0 heterocycles. The summed E-state index contributed by atoms with van der Waals surface area (Å²) in [4.78, 5) is 10.9. The van der Waals surface area contributed by atoms with Crippen molar-refractivity contribution in [3.8, 4) is 0 Å². The van der Waals surface area contributed by atoms with Crippen LogP contribution in [0.3, 0.4) is 0 Å². The number of carbonyl (C=O) groups is 1. The van der Waals surface area contributed by atoms with Gasteiger partial charge in [-0.25, -0.2) is 8.42 Å². The molecule has 0 aromatic carbocycles. The van der Waals surface area contributed by atoms with Crippen LogP contribution in [0, 0.1) is 0 Å². The Bertz CT molecular complexity index is 254. The van der Waals surface area contributed by atoms with Gasteiger partial charge in [-0.05, 0) is 7.05 Å². The Kier molecular flexibility index (Phi) is 6.55. The molecule has 0 spiro atoms. The van der Waals surface area contributed by atoms with Crippen LogP contribution < -0.4 is 15.4 Å². The fraction of sp³-hybridized carbons (Fsp3) is 0.800. The minimum atomic E-state index is -3.31. The lowest BCUT2D eigenvalue weighted by atomic mass is 10.5. The average molecular weight is 321 g/mol. The van der Waals surface area contributed by atoms with Gasteiger partial charge >= 0.3 is 0 Å². The van der Waals surface area contributed by atoms with E-state index in [0.717, 1.165) is 0 Å². The number of hydrogen-bond acceptors (Lipinski definition) is 4. The highest BCUT2D eigenvalue weighted by molar-refractivity contribution is 14.2. The van der Waals surface area contributed by atoms with Crippen LogP contribution in [0.4, 0.5) is 0 Å². The number of hydrogen-bond donors (Lipinski definition) is 3. The molecule has 0 radical (unpaired) electrons. The lowest BCUT2D eigenvalue weighted by Gasteiger charge is -2.03. The van der Waals surface area contributed by atoms with Crippen molar-refractivity contribution in [2.75, 3.05) is 26.7 Å². The van der Waals surface area contributed by atoms with Crippen molar-refractivity contribution in [1.29, 1.82) is 0 Å². The summed E-state index contributed by atoms with van der Waals surface area (Å²) >= 11 is 1.22. The summed E-state index contributed by atoms with van der Waals surface area (Å²) in [5.41, 5.74) is 0. The van der Waals surface area contributed by atoms with E-state index < -0.39 is 7.19 Å². The van der Waals surface area contributed by atoms with Gasteiger partial charge in [-0.2, -0.15) is 4.72 Å². The van der Waals surface area contributed by atoms with Crippen LogP contribution in [0.2, 0.25) is 0 Å². The Balaban J connectivity index is 3.53. The summed E-state index contributed by atoms with van der Waals surface area (Å²) in [7, 11) is -1.54. The molecule has 6 nitrogen and oxygen atoms in total. The lowest BCUT2D eigenvalue weighted by Crippen LogP contribution is -2.37. The third kappa shape index (κ3) is 9.99. The fourth-order valence-corrected chi connectivity index (χ4v) is 1.31. The van der Waals surface area contributed by atoms with Gasteiger partial charge in [0.25, 0.3) is 7.19 Å². The van der Waals surface area contributed by atoms with Gasteiger partial charge in [-0.15, -0.1) is 0 Å². The fourth-order valence-electron chi connectivity index (χ4n) is 0.541. The van der Waals surface area contributed by atoms with E-state index in [0.29, 0.717) is 13.1 Å². The van der Waals surface area contributed by atoms with Crippen molar-refractivity contribution in [1.82, 2.24) is 15.4 Å². The second-order valence-electron chi connectivity index (χ2n) is 2.21. The Morgan fingerprint density at radius 2 is 2.00 bits per heavy atom. The predicted octanol–water partition coefficient (Wildman–Crippen LogP) is -1.41. The highest BCUT2D eigenvalue weighted by Gasteiger charge is 2.06. The zero-order chi connectivity index (χ0) is 10.3. The number of rotatable bonds is 6. The van der Waals surface area contributed by atoms with Gasteiger partial charge in [0, 0.05) is 13.1 Å². The van der Waals surface area contributed by atoms with E-state index in [-0.39, 0.29) is 12.5 Å². The van der Waals surface area contributed by atoms with Gasteiger partial charge < -0.3 is 10.6 Å². The predicted molar refractivity (Wildman–Crippen MR) is 57.9 cm³/mol. The van der Waals surface area contributed by atoms with Gasteiger partial charge in [0.1, 0.15) is 0 Å². The summed E-state index contributed by atoms with van der Waals surface area (Å²) in [5.74, 6) is -0.338. The monoisotopic (exact) mass is 321 g/mol. The summed E-state index contributed by atoms with van der Waals surface area (Å²) in [6.07, 6.45) is 0. The normalized spacial score (nSPS) is 11.2. The van der Waals surface area contributed by atoms with Crippen LogP contribution in [0.25, 0.3) is 0 Å². The van der Waals surface area contributed by atoms with E-state index in [1.54, 1.807) is 7.05 Å². The standard InChI is InChI=1S/C5H12IN3O3S/c1-7-2-3-8-5(10)4-9-13(6,11)12/h7,9H,2-4H2,1H3,(H,8,10). The van der Waals surface area contributed by atoms with Crippen LogP contribution in [0.5, 0.6) is 0 Å². The average Bonchev–Trinajstić information content (AvgIpc) is 2.00. The van der Waals surface area contributed by atoms with E-state index >= 15 is 0 Å². The molecule has 0 saturated carbocycles. The molecule has 8 heteroatoms. The zero-order valence-electron chi connectivity index (χ0n) is 7.13. The van der Waals surface area contributed by atoms with Gasteiger partial charge in [-0.3, -0.25) is 4.79 Å². The highest BCUT2D eigenvalue weighted by Crippen LogP contribution is 1.93. The summed E-state index contributed by atoms with van der Waals surface area (Å²) in [5, 5.41) is 5.36. The van der Waals surface area contributed by atoms with Gasteiger partial charge in [0.2, 0.25) is 5.91 Å². The molecule has 0 aromatic rings. The molecule has 0 aliphatic carbocycles. The molecule has 0 aliphatic heterocycles. The maximum Gasteiger partial charge on any atom is 0.265 e. The summed E-state index contributed by atoms with van der Waals surface area (Å²) in [6.45, 7) is 0.927. The molecule has 0 atom stereocenters. The molecule has 78 valence electrons. The lowest BCUT2D eigenvalue weighted by molar-refractivity contribution is -0.119. The van der Waals surface area contributed by atoms with Crippen molar-refractivity contribution in [3.05, 3.63) is 0 Å². The Morgan fingerprint density at radius 1 is 1.38 bits per heavy atom. The maximum absolute atomic E-state index is 10.9. The first kappa shape index (κ1) is 13.1. The molecule has 0 unspecified atom stereocenters. The van der Waals surface area contributed by atoms with Gasteiger partial charge in [0.05, 0.1) is 27.8 Å². The molecule has 1 amide bonds. The third-order valence-corrected chi connectivity index (χ3v) is 2.53. The first-order chi connectivity index (χ1) is 5.95. The molecule has 0 saturated heterocycles. The van der Waals surface area contributed by atoms with Crippen molar-refractivity contribution in [3.63, 3.8) is 0 Å². The van der Waals surface area contributed by atoms with Gasteiger partial charge in [-0.1, -0.05) is 0 Å². The molecule has 3 N–H and O–H groups in total. The van der Waals surface area contributed by atoms with E-state index in [4.69, 9.17) is 0 Å². The summed E-state index contributed by atoms with van der Waals surface area (Å²) in [6, 6.07) is 0. The topological polar surface area (TPSA) is 87.3 Å².